The Kier molecular flexibility index (Phi) is 2.73. The Morgan fingerprint density at radius 1 is 1.53 bits per heavy atom. The van der Waals surface area contributed by atoms with Crippen molar-refractivity contribution in [2.75, 3.05) is 12.8 Å². The highest BCUT2D eigenvalue weighted by Gasteiger charge is 2.46. The zero-order chi connectivity index (χ0) is 12.6. The Labute approximate surface area is 101 Å². The van der Waals surface area contributed by atoms with Gasteiger partial charge in [-0.05, 0) is 24.0 Å². The van der Waals surface area contributed by atoms with Gasteiger partial charge in [0.25, 0.3) is 5.91 Å². The molecule has 1 aliphatic carbocycles. The summed E-state index contributed by atoms with van der Waals surface area (Å²) >= 11 is 0. The summed E-state index contributed by atoms with van der Waals surface area (Å²) in [6.07, 6.45) is 1.01. The molecule has 0 heterocycles. The van der Waals surface area contributed by atoms with E-state index >= 15 is 0 Å². The van der Waals surface area contributed by atoms with E-state index < -0.39 is 0 Å². The van der Waals surface area contributed by atoms with Crippen molar-refractivity contribution in [3.8, 4) is 5.75 Å². The van der Waals surface area contributed by atoms with Crippen LogP contribution >= 0.6 is 0 Å². The van der Waals surface area contributed by atoms with Crippen LogP contribution < -0.4 is 15.8 Å². The second kappa shape index (κ2) is 3.95. The molecule has 92 valence electrons. The smallest absolute Gasteiger partial charge is 0.257 e. The van der Waals surface area contributed by atoms with Gasteiger partial charge in [0.1, 0.15) is 11.3 Å². The monoisotopic (exact) mass is 234 g/mol. The zero-order valence-corrected chi connectivity index (χ0v) is 10.4. The Bertz CT molecular complexity index is 455. The fourth-order valence-electron chi connectivity index (χ4n) is 1.91. The van der Waals surface area contributed by atoms with E-state index in [-0.39, 0.29) is 17.4 Å². The largest absolute Gasteiger partial charge is 0.496 e. The summed E-state index contributed by atoms with van der Waals surface area (Å²) in [4.78, 5) is 12.1. The molecule has 0 saturated heterocycles. The number of nitrogen functional groups attached to an aromatic ring is 1. The van der Waals surface area contributed by atoms with Crippen molar-refractivity contribution in [3.05, 3.63) is 23.8 Å². The molecule has 0 aliphatic heterocycles. The van der Waals surface area contributed by atoms with Gasteiger partial charge in [-0.25, -0.2) is 0 Å². The van der Waals surface area contributed by atoms with E-state index in [4.69, 9.17) is 10.5 Å². The molecule has 1 atom stereocenters. The number of hydrogen-bond acceptors (Lipinski definition) is 3. The summed E-state index contributed by atoms with van der Waals surface area (Å²) < 4.78 is 5.16. The van der Waals surface area contributed by atoms with Gasteiger partial charge in [0.05, 0.1) is 7.11 Å². The molecule has 4 heteroatoms. The standard InChI is InChI=1S/C13H18N2O2/c1-13(2)7-10(13)15-12(16)11-8(14)5-4-6-9(11)17-3/h4-6,10H,7,14H2,1-3H3,(H,15,16). The molecule has 1 fully saturated rings. The minimum absolute atomic E-state index is 0.157. The van der Waals surface area contributed by atoms with Gasteiger partial charge in [0, 0.05) is 11.7 Å². The van der Waals surface area contributed by atoms with Crippen LogP contribution in [0, 0.1) is 5.41 Å². The molecule has 1 aliphatic rings. The van der Waals surface area contributed by atoms with Gasteiger partial charge >= 0.3 is 0 Å². The van der Waals surface area contributed by atoms with Crippen molar-refractivity contribution in [2.45, 2.75) is 26.3 Å². The summed E-state index contributed by atoms with van der Waals surface area (Å²) in [7, 11) is 1.53. The van der Waals surface area contributed by atoms with Crippen LogP contribution in [0.4, 0.5) is 5.69 Å². The lowest BCUT2D eigenvalue weighted by Crippen LogP contribution is -2.29. The van der Waals surface area contributed by atoms with Crippen LogP contribution in [-0.4, -0.2) is 19.1 Å². The summed E-state index contributed by atoms with van der Waals surface area (Å²) in [5, 5.41) is 2.98. The van der Waals surface area contributed by atoms with Crippen LogP contribution in [0.5, 0.6) is 5.75 Å². The first kappa shape index (κ1) is 11.8. The molecule has 1 aromatic carbocycles. The molecule has 17 heavy (non-hydrogen) atoms. The number of nitrogens with two attached hydrogens (primary N) is 1. The van der Waals surface area contributed by atoms with Crippen molar-refractivity contribution < 1.29 is 9.53 Å². The minimum Gasteiger partial charge on any atom is -0.496 e. The van der Waals surface area contributed by atoms with Crippen molar-refractivity contribution in [2.24, 2.45) is 5.41 Å². The van der Waals surface area contributed by atoms with Crippen LogP contribution in [0.25, 0.3) is 0 Å². The average molecular weight is 234 g/mol. The maximum absolute atomic E-state index is 12.1. The molecule has 1 aromatic rings. The number of ether oxygens (including phenoxy) is 1. The number of hydrogen-bond donors (Lipinski definition) is 2. The van der Waals surface area contributed by atoms with Crippen LogP contribution in [-0.2, 0) is 0 Å². The van der Waals surface area contributed by atoms with E-state index in [2.05, 4.69) is 19.2 Å². The van der Waals surface area contributed by atoms with Gasteiger partial charge in [-0.2, -0.15) is 0 Å². The molecule has 3 N–H and O–H groups in total. The zero-order valence-electron chi connectivity index (χ0n) is 10.4. The van der Waals surface area contributed by atoms with Crippen molar-refractivity contribution in [3.63, 3.8) is 0 Å². The molecule has 4 nitrogen and oxygen atoms in total. The lowest BCUT2D eigenvalue weighted by atomic mass is 10.1. The molecule has 0 aromatic heterocycles. The average Bonchev–Trinajstić information content (AvgIpc) is 2.85. The third kappa shape index (κ3) is 2.20. The highest BCUT2D eigenvalue weighted by Crippen LogP contribution is 2.44. The molecule has 0 bridgehead atoms. The Hall–Kier alpha value is -1.71. The molecular formula is C13H18N2O2. The minimum atomic E-state index is -0.157. The van der Waals surface area contributed by atoms with Gasteiger partial charge in [-0.15, -0.1) is 0 Å². The second-order valence-electron chi connectivity index (χ2n) is 5.14. The number of methoxy groups -OCH3 is 1. The number of anilines is 1. The van der Waals surface area contributed by atoms with E-state index in [9.17, 15) is 4.79 Å². The molecule has 1 saturated carbocycles. The SMILES string of the molecule is COc1cccc(N)c1C(=O)NC1CC1(C)C. The number of nitrogens with one attached hydrogen (secondary N) is 1. The summed E-state index contributed by atoms with van der Waals surface area (Å²) in [6, 6.07) is 5.45. The van der Waals surface area contributed by atoms with E-state index in [1.54, 1.807) is 18.2 Å². The number of carbonyl (C=O) groups is 1. The van der Waals surface area contributed by atoms with E-state index in [1.165, 1.54) is 7.11 Å². The molecule has 0 spiro atoms. The van der Waals surface area contributed by atoms with Crippen molar-refractivity contribution >= 4 is 11.6 Å². The maximum atomic E-state index is 12.1. The van der Waals surface area contributed by atoms with Crippen molar-refractivity contribution in [1.82, 2.24) is 5.32 Å². The van der Waals surface area contributed by atoms with Crippen molar-refractivity contribution in [1.29, 1.82) is 0 Å². The summed E-state index contributed by atoms with van der Waals surface area (Å²) in [5.74, 6) is 0.358. The third-order valence-electron chi connectivity index (χ3n) is 3.32. The quantitative estimate of drug-likeness (QED) is 0.784. The molecule has 1 unspecified atom stereocenters. The molecule has 2 rings (SSSR count). The topological polar surface area (TPSA) is 64.3 Å². The van der Waals surface area contributed by atoms with E-state index in [0.717, 1.165) is 6.42 Å². The number of amides is 1. The van der Waals surface area contributed by atoms with Crippen LogP contribution in [0.3, 0.4) is 0 Å². The lowest BCUT2D eigenvalue weighted by Gasteiger charge is -2.12. The Morgan fingerprint density at radius 2 is 2.18 bits per heavy atom. The highest BCUT2D eigenvalue weighted by atomic mass is 16.5. The van der Waals surface area contributed by atoms with Gasteiger partial charge in [-0.3, -0.25) is 4.79 Å². The first-order valence-corrected chi connectivity index (χ1v) is 5.69. The lowest BCUT2D eigenvalue weighted by molar-refractivity contribution is 0.0944. The van der Waals surface area contributed by atoms with Crippen LogP contribution in [0.2, 0.25) is 0 Å². The summed E-state index contributed by atoms with van der Waals surface area (Å²) in [5.41, 5.74) is 6.89. The molecular weight excluding hydrogens is 216 g/mol. The van der Waals surface area contributed by atoms with Gasteiger partial charge in [0.15, 0.2) is 0 Å². The number of rotatable bonds is 3. The fourth-order valence-corrected chi connectivity index (χ4v) is 1.91. The van der Waals surface area contributed by atoms with Gasteiger partial charge < -0.3 is 15.8 Å². The fraction of sp³-hybridized carbons (Fsp3) is 0.462. The molecule has 1 amide bonds. The summed E-state index contributed by atoms with van der Waals surface area (Å²) in [6.45, 7) is 4.26. The van der Waals surface area contributed by atoms with Crippen LogP contribution in [0.1, 0.15) is 30.6 Å². The van der Waals surface area contributed by atoms with Gasteiger partial charge in [-0.1, -0.05) is 19.9 Å². The first-order valence-electron chi connectivity index (χ1n) is 5.69. The normalized spacial score (nSPS) is 20.8. The third-order valence-corrected chi connectivity index (χ3v) is 3.32. The van der Waals surface area contributed by atoms with Gasteiger partial charge in [0.2, 0.25) is 0 Å². The van der Waals surface area contributed by atoms with Crippen LogP contribution in [0.15, 0.2) is 18.2 Å². The van der Waals surface area contributed by atoms with E-state index in [1.807, 2.05) is 0 Å². The number of benzene rings is 1. The second-order valence-corrected chi connectivity index (χ2v) is 5.14. The predicted molar refractivity (Wildman–Crippen MR) is 67.1 cm³/mol. The Balaban J connectivity index is 2.19. The first-order chi connectivity index (χ1) is 7.95. The predicted octanol–water partition coefficient (Wildman–Crippen LogP) is 1.81. The molecule has 0 radical (unpaired) electrons. The van der Waals surface area contributed by atoms with E-state index in [0.29, 0.717) is 17.0 Å². The Morgan fingerprint density at radius 3 is 2.71 bits per heavy atom. The highest BCUT2D eigenvalue weighted by molar-refractivity contribution is 6.02. The number of carbonyl (C=O) groups excluding carboxylic acids is 1. The maximum Gasteiger partial charge on any atom is 0.257 e.